The van der Waals surface area contributed by atoms with Crippen LogP contribution in [0.1, 0.15) is 12.0 Å². The van der Waals surface area contributed by atoms with Crippen LogP contribution in [0.2, 0.25) is 0 Å². The van der Waals surface area contributed by atoms with E-state index in [1.165, 1.54) is 28.6 Å². The van der Waals surface area contributed by atoms with Crippen LogP contribution >= 0.6 is 0 Å². The van der Waals surface area contributed by atoms with Crippen molar-refractivity contribution in [1.82, 2.24) is 4.31 Å². The Morgan fingerprint density at radius 3 is 2.00 bits per heavy atom. The van der Waals surface area contributed by atoms with Crippen molar-refractivity contribution in [2.75, 3.05) is 13.1 Å². The number of benzene rings is 3. The molecular formula is C23H21N3O4S. The molecule has 0 aliphatic carbocycles. The Morgan fingerprint density at radius 2 is 1.45 bits per heavy atom. The number of nitro benzene ring substituents is 1. The summed E-state index contributed by atoms with van der Waals surface area (Å²) in [6.07, 6.45) is 0.654. The lowest BCUT2D eigenvalue weighted by Gasteiger charge is -2.21. The van der Waals surface area contributed by atoms with Gasteiger partial charge >= 0.3 is 0 Å². The topological polar surface area (TPSA) is 104 Å². The monoisotopic (exact) mass is 435 g/mol. The highest BCUT2D eigenvalue weighted by atomic mass is 32.2. The molecule has 0 spiro atoms. The van der Waals surface area contributed by atoms with Crippen LogP contribution in [-0.2, 0) is 16.4 Å². The van der Waals surface area contributed by atoms with Gasteiger partial charge in [-0.15, -0.1) is 0 Å². The number of rotatable bonds is 9. The van der Waals surface area contributed by atoms with Gasteiger partial charge < -0.3 is 0 Å². The molecule has 7 nitrogen and oxygen atoms in total. The SMILES string of the molecule is N#CCCN(CCc1ccccc1)S(=O)(=O)c1ccc(-c2ccc([N+](=O)[O-])cc2)cc1. The second kappa shape index (κ2) is 9.98. The van der Waals surface area contributed by atoms with E-state index in [-0.39, 0.29) is 30.1 Å². The zero-order chi connectivity index (χ0) is 22.3. The third-order valence-electron chi connectivity index (χ3n) is 4.87. The summed E-state index contributed by atoms with van der Waals surface area (Å²) >= 11 is 0. The summed E-state index contributed by atoms with van der Waals surface area (Å²) in [4.78, 5) is 10.5. The van der Waals surface area contributed by atoms with Crippen LogP contribution in [0.25, 0.3) is 11.1 Å². The molecule has 0 aliphatic rings. The third-order valence-corrected chi connectivity index (χ3v) is 6.78. The lowest BCUT2D eigenvalue weighted by molar-refractivity contribution is -0.384. The smallest absolute Gasteiger partial charge is 0.258 e. The highest BCUT2D eigenvalue weighted by Gasteiger charge is 2.24. The summed E-state index contributed by atoms with van der Waals surface area (Å²) in [6.45, 7) is 0.397. The lowest BCUT2D eigenvalue weighted by atomic mass is 10.1. The summed E-state index contributed by atoms with van der Waals surface area (Å²) in [5, 5.41) is 19.7. The first-order valence-corrected chi connectivity index (χ1v) is 11.1. The molecule has 31 heavy (non-hydrogen) atoms. The van der Waals surface area contributed by atoms with Crippen LogP contribution < -0.4 is 0 Å². The molecule has 0 aromatic heterocycles. The summed E-state index contributed by atoms with van der Waals surface area (Å²) in [7, 11) is -3.77. The van der Waals surface area contributed by atoms with Gasteiger partial charge in [0.2, 0.25) is 10.0 Å². The van der Waals surface area contributed by atoms with Gasteiger partial charge in [-0.25, -0.2) is 8.42 Å². The van der Waals surface area contributed by atoms with Gasteiger partial charge in [-0.2, -0.15) is 9.57 Å². The van der Waals surface area contributed by atoms with Gasteiger partial charge in [0, 0.05) is 31.6 Å². The zero-order valence-electron chi connectivity index (χ0n) is 16.7. The van der Waals surface area contributed by atoms with Crippen molar-refractivity contribution < 1.29 is 13.3 Å². The van der Waals surface area contributed by atoms with Crippen molar-refractivity contribution in [2.24, 2.45) is 0 Å². The van der Waals surface area contributed by atoms with Crippen LogP contribution in [0, 0.1) is 21.4 Å². The van der Waals surface area contributed by atoms with Gasteiger partial charge in [0.05, 0.1) is 15.9 Å². The largest absolute Gasteiger partial charge is 0.269 e. The summed E-state index contributed by atoms with van der Waals surface area (Å²) < 4.78 is 27.7. The van der Waals surface area contributed by atoms with E-state index >= 15 is 0 Å². The highest BCUT2D eigenvalue weighted by Crippen LogP contribution is 2.25. The van der Waals surface area contributed by atoms with E-state index in [4.69, 9.17) is 5.26 Å². The standard InChI is InChI=1S/C23H21N3O4S/c24-16-4-17-25(18-15-19-5-2-1-3-6-19)31(29,30)23-13-9-21(10-14-23)20-7-11-22(12-8-20)26(27)28/h1-3,5-14H,4,15,17-18H2. The quantitative estimate of drug-likeness (QED) is 0.366. The Balaban J connectivity index is 1.80. The van der Waals surface area contributed by atoms with E-state index in [0.29, 0.717) is 6.42 Å². The molecule has 3 aromatic rings. The second-order valence-corrected chi connectivity index (χ2v) is 8.81. The molecule has 3 aromatic carbocycles. The Hall–Kier alpha value is -3.54. The van der Waals surface area contributed by atoms with Crippen molar-refractivity contribution in [3.05, 3.63) is 94.5 Å². The summed E-state index contributed by atoms with van der Waals surface area (Å²) in [6, 6.07) is 24.1. The number of nitro groups is 1. The van der Waals surface area contributed by atoms with Crippen molar-refractivity contribution in [1.29, 1.82) is 5.26 Å². The Bertz CT molecular complexity index is 1170. The molecule has 158 valence electrons. The number of hydrogen-bond acceptors (Lipinski definition) is 5. The molecular weight excluding hydrogens is 414 g/mol. The van der Waals surface area contributed by atoms with E-state index in [1.807, 2.05) is 36.4 Å². The molecule has 0 fully saturated rings. The molecule has 0 radical (unpaired) electrons. The van der Waals surface area contributed by atoms with Crippen molar-refractivity contribution in [3.63, 3.8) is 0 Å². The van der Waals surface area contributed by atoms with Crippen LogP contribution in [0.5, 0.6) is 0 Å². The maximum Gasteiger partial charge on any atom is 0.269 e. The normalized spacial score (nSPS) is 11.2. The minimum Gasteiger partial charge on any atom is -0.258 e. The van der Waals surface area contributed by atoms with Gasteiger partial charge in [-0.05, 0) is 47.4 Å². The molecule has 0 unspecified atom stereocenters. The molecule has 0 amide bonds. The van der Waals surface area contributed by atoms with E-state index in [1.54, 1.807) is 24.3 Å². The predicted octanol–water partition coefficient (Wildman–Crippen LogP) is 4.41. The fraction of sp³-hybridized carbons (Fsp3) is 0.174. The van der Waals surface area contributed by atoms with Crippen molar-refractivity contribution in [2.45, 2.75) is 17.7 Å². The number of hydrogen-bond donors (Lipinski definition) is 0. The third kappa shape index (κ3) is 5.54. The first-order chi connectivity index (χ1) is 14.9. The number of sulfonamides is 1. The Labute approximate surface area is 181 Å². The van der Waals surface area contributed by atoms with Gasteiger partial charge in [0.25, 0.3) is 5.69 Å². The highest BCUT2D eigenvalue weighted by molar-refractivity contribution is 7.89. The summed E-state index contributed by atoms with van der Waals surface area (Å²) in [5.74, 6) is 0. The van der Waals surface area contributed by atoms with E-state index in [9.17, 15) is 18.5 Å². The number of nitrogens with zero attached hydrogens (tertiary/aromatic N) is 3. The van der Waals surface area contributed by atoms with Gasteiger partial charge in [0.1, 0.15) is 0 Å². The maximum atomic E-state index is 13.2. The molecule has 0 saturated heterocycles. The van der Waals surface area contributed by atoms with E-state index < -0.39 is 14.9 Å². The first kappa shape index (κ1) is 22.2. The predicted molar refractivity (Wildman–Crippen MR) is 118 cm³/mol. The Kier molecular flexibility index (Phi) is 7.13. The number of non-ortho nitro benzene ring substituents is 1. The van der Waals surface area contributed by atoms with Crippen molar-refractivity contribution >= 4 is 15.7 Å². The van der Waals surface area contributed by atoms with Crippen molar-refractivity contribution in [3.8, 4) is 17.2 Å². The molecule has 0 bridgehead atoms. The zero-order valence-corrected chi connectivity index (χ0v) is 17.5. The molecule has 0 atom stereocenters. The average molecular weight is 436 g/mol. The number of nitriles is 1. The fourth-order valence-electron chi connectivity index (χ4n) is 3.17. The van der Waals surface area contributed by atoms with Crippen LogP contribution in [0.4, 0.5) is 5.69 Å². The minimum absolute atomic E-state index is 0.00509. The van der Waals surface area contributed by atoms with Crippen LogP contribution in [-0.4, -0.2) is 30.7 Å². The maximum absolute atomic E-state index is 13.2. The fourth-order valence-corrected chi connectivity index (χ4v) is 4.61. The van der Waals surface area contributed by atoms with Crippen LogP contribution in [0.3, 0.4) is 0 Å². The molecule has 8 heteroatoms. The second-order valence-electron chi connectivity index (χ2n) is 6.88. The lowest BCUT2D eigenvalue weighted by Crippen LogP contribution is -2.33. The summed E-state index contributed by atoms with van der Waals surface area (Å²) in [5.41, 5.74) is 2.52. The van der Waals surface area contributed by atoms with Gasteiger partial charge in [-0.3, -0.25) is 10.1 Å². The van der Waals surface area contributed by atoms with E-state index in [0.717, 1.165) is 16.7 Å². The molecule has 0 N–H and O–H groups in total. The van der Waals surface area contributed by atoms with Gasteiger partial charge in [0.15, 0.2) is 0 Å². The van der Waals surface area contributed by atoms with Gasteiger partial charge in [-0.1, -0.05) is 42.5 Å². The Morgan fingerprint density at radius 1 is 0.871 bits per heavy atom. The molecule has 0 saturated carbocycles. The minimum atomic E-state index is -3.77. The van der Waals surface area contributed by atoms with E-state index in [2.05, 4.69) is 0 Å². The molecule has 0 aliphatic heterocycles. The average Bonchev–Trinajstić information content (AvgIpc) is 2.80. The first-order valence-electron chi connectivity index (χ1n) is 9.68. The molecule has 0 heterocycles. The molecule has 3 rings (SSSR count). The van der Waals surface area contributed by atoms with Crippen LogP contribution in [0.15, 0.2) is 83.8 Å².